The number of amides is 1. The fraction of sp³-hybridized carbons (Fsp3) is 0.269. The molecule has 1 amide bonds. The van der Waals surface area contributed by atoms with Gasteiger partial charge in [0.05, 0.1) is 12.3 Å². The van der Waals surface area contributed by atoms with E-state index in [4.69, 9.17) is 9.47 Å². The second-order valence-electron chi connectivity index (χ2n) is 7.25. The zero-order valence-corrected chi connectivity index (χ0v) is 17.6. The van der Waals surface area contributed by atoms with Crippen LogP contribution in [-0.2, 0) is 11.2 Å². The van der Waals surface area contributed by atoms with E-state index in [0.29, 0.717) is 30.2 Å². The van der Waals surface area contributed by atoms with Crippen LogP contribution in [0.3, 0.4) is 0 Å². The first-order chi connectivity index (χ1) is 14.7. The van der Waals surface area contributed by atoms with Crippen LogP contribution in [0.4, 0.5) is 5.69 Å². The summed E-state index contributed by atoms with van der Waals surface area (Å²) in [5, 5.41) is 2.97. The van der Waals surface area contributed by atoms with Gasteiger partial charge in [-0.1, -0.05) is 61.5 Å². The molecule has 4 nitrogen and oxygen atoms in total. The summed E-state index contributed by atoms with van der Waals surface area (Å²) >= 11 is 0. The van der Waals surface area contributed by atoms with Crippen LogP contribution in [0.25, 0.3) is 0 Å². The van der Waals surface area contributed by atoms with Crippen molar-refractivity contribution in [3.05, 3.63) is 90.0 Å². The van der Waals surface area contributed by atoms with E-state index in [9.17, 15) is 4.79 Å². The zero-order chi connectivity index (χ0) is 21.2. The number of para-hydroxylation sites is 2. The van der Waals surface area contributed by atoms with Crippen molar-refractivity contribution in [3.8, 4) is 11.5 Å². The Hall–Kier alpha value is -3.27. The highest BCUT2D eigenvalue weighted by molar-refractivity contribution is 5.95. The summed E-state index contributed by atoms with van der Waals surface area (Å²) in [7, 11) is 0. The highest BCUT2D eigenvalue weighted by Gasteiger charge is 2.20. The van der Waals surface area contributed by atoms with E-state index in [1.165, 1.54) is 5.56 Å². The molecular weight excluding hydrogens is 374 g/mol. The summed E-state index contributed by atoms with van der Waals surface area (Å²) in [5.74, 6) is 1.19. The van der Waals surface area contributed by atoms with Crippen molar-refractivity contribution in [2.45, 2.75) is 39.2 Å². The number of hydrogen-bond donors (Lipinski definition) is 1. The van der Waals surface area contributed by atoms with Gasteiger partial charge in [0.1, 0.15) is 11.5 Å². The Labute approximate surface area is 178 Å². The van der Waals surface area contributed by atoms with Crippen molar-refractivity contribution in [1.82, 2.24) is 0 Å². The zero-order valence-electron chi connectivity index (χ0n) is 17.6. The Balaban J connectivity index is 1.56. The van der Waals surface area contributed by atoms with Gasteiger partial charge in [-0.25, -0.2) is 0 Å². The first-order valence-electron chi connectivity index (χ1n) is 10.5. The Morgan fingerprint density at radius 1 is 0.967 bits per heavy atom. The number of anilines is 1. The minimum atomic E-state index is -0.571. The van der Waals surface area contributed by atoms with Crippen LogP contribution in [0.15, 0.2) is 78.9 Å². The quantitative estimate of drug-likeness (QED) is 0.435. The third-order valence-corrected chi connectivity index (χ3v) is 4.79. The largest absolute Gasteiger partial charge is 0.491 e. The minimum Gasteiger partial charge on any atom is -0.491 e. The molecule has 4 heteroatoms. The average molecular weight is 404 g/mol. The standard InChI is InChI=1S/C26H29NO3/c1-3-24(30-22-15-9-11-20(2)19-22)26(28)27-23-16-7-8-17-25(23)29-18-10-14-21-12-5-4-6-13-21/h4-9,11-13,15-17,19,24H,3,10,14,18H2,1-2H3,(H,27,28). The molecule has 3 aromatic rings. The molecule has 1 atom stereocenters. The fourth-order valence-corrected chi connectivity index (χ4v) is 3.19. The fourth-order valence-electron chi connectivity index (χ4n) is 3.19. The number of benzene rings is 3. The first kappa shape index (κ1) is 21.4. The average Bonchev–Trinajstić information content (AvgIpc) is 2.77. The third-order valence-electron chi connectivity index (χ3n) is 4.79. The molecule has 0 fully saturated rings. The molecular formula is C26H29NO3. The van der Waals surface area contributed by atoms with Crippen LogP contribution in [0.2, 0.25) is 0 Å². The number of aryl methyl sites for hydroxylation is 2. The number of carbonyl (C=O) groups excluding carboxylic acids is 1. The van der Waals surface area contributed by atoms with E-state index in [0.717, 1.165) is 18.4 Å². The van der Waals surface area contributed by atoms with Gasteiger partial charge in [-0.15, -0.1) is 0 Å². The summed E-state index contributed by atoms with van der Waals surface area (Å²) in [5.41, 5.74) is 3.05. The van der Waals surface area contributed by atoms with Crippen LogP contribution in [-0.4, -0.2) is 18.6 Å². The van der Waals surface area contributed by atoms with E-state index in [2.05, 4.69) is 17.4 Å². The molecule has 0 aromatic heterocycles. The van der Waals surface area contributed by atoms with Crippen molar-refractivity contribution in [3.63, 3.8) is 0 Å². The highest BCUT2D eigenvalue weighted by atomic mass is 16.5. The van der Waals surface area contributed by atoms with Gasteiger partial charge in [-0.2, -0.15) is 0 Å². The Morgan fingerprint density at radius 2 is 1.73 bits per heavy atom. The molecule has 0 aliphatic heterocycles. The molecule has 1 unspecified atom stereocenters. The SMILES string of the molecule is CCC(Oc1cccc(C)c1)C(=O)Nc1ccccc1OCCCc1ccccc1. The normalized spacial score (nSPS) is 11.5. The van der Waals surface area contributed by atoms with Crippen molar-refractivity contribution in [2.75, 3.05) is 11.9 Å². The summed E-state index contributed by atoms with van der Waals surface area (Å²) in [6.45, 7) is 4.52. The summed E-state index contributed by atoms with van der Waals surface area (Å²) < 4.78 is 11.9. The van der Waals surface area contributed by atoms with E-state index >= 15 is 0 Å². The van der Waals surface area contributed by atoms with Gasteiger partial charge in [0.2, 0.25) is 0 Å². The maximum absolute atomic E-state index is 12.8. The van der Waals surface area contributed by atoms with Crippen molar-refractivity contribution in [2.24, 2.45) is 0 Å². The number of carbonyl (C=O) groups is 1. The second-order valence-corrected chi connectivity index (χ2v) is 7.25. The summed E-state index contributed by atoms with van der Waals surface area (Å²) in [6, 6.07) is 25.6. The molecule has 156 valence electrons. The van der Waals surface area contributed by atoms with Gasteiger partial charge in [0, 0.05) is 0 Å². The lowest BCUT2D eigenvalue weighted by atomic mass is 10.1. The lowest BCUT2D eigenvalue weighted by Crippen LogP contribution is -2.32. The molecule has 0 heterocycles. The smallest absolute Gasteiger partial charge is 0.265 e. The molecule has 30 heavy (non-hydrogen) atoms. The van der Waals surface area contributed by atoms with E-state index in [1.807, 2.05) is 80.6 Å². The summed E-state index contributed by atoms with van der Waals surface area (Å²) in [6.07, 6.45) is 1.86. The van der Waals surface area contributed by atoms with Crippen LogP contribution in [0, 0.1) is 6.92 Å². The molecule has 3 aromatic carbocycles. The molecule has 0 aliphatic carbocycles. The maximum Gasteiger partial charge on any atom is 0.265 e. The molecule has 0 spiro atoms. The van der Waals surface area contributed by atoms with Crippen molar-refractivity contribution >= 4 is 11.6 Å². The molecule has 0 aliphatic rings. The first-order valence-corrected chi connectivity index (χ1v) is 10.5. The van der Waals surface area contributed by atoms with Gasteiger partial charge in [0.25, 0.3) is 5.91 Å². The topological polar surface area (TPSA) is 47.6 Å². The van der Waals surface area contributed by atoms with Gasteiger partial charge < -0.3 is 14.8 Å². The predicted octanol–water partition coefficient (Wildman–Crippen LogP) is 5.80. The number of hydrogen-bond acceptors (Lipinski definition) is 3. The molecule has 1 N–H and O–H groups in total. The Morgan fingerprint density at radius 3 is 2.50 bits per heavy atom. The lowest BCUT2D eigenvalue weighted by Gasteiger charge is -2.19. The Kier molecular flexibility index (Phi) is 7.90. The minimum absolute atomic E-state index is 0.181. The molecule has 0 bridgehead atoms. The molecule has 3 rings (SSSR count). The highest BCUT2D eigenvalue weighted by Crippen LogP contribution is 2.25. The van der Waals surface area contributed by atoms with Crippen molar-refractivity contribution in [1.29, 1.82) is 0 Å². The third kappa shape index (κ3) is 6.38. The van der Waals surface area contributed by atoms with Gasteiger partial charge in [-0.3, -0.25) is 4.79 Å². The maximum atomic E-state index is 12.8. The van der Waals surface area contributed by atoms with Gasteiger partial charge >= 0.3 is 0 Å². The van der Waals surface area contributed by atoms with Crippen molar-refractivity contribution < 1.29 is 14.3 Å². The number of rotatable bonds is 10. The number of nitrogens with one attached hydrogen (secondary N) is 1. The lowest BCUT2D eigenvalue weighted by molar-refractivity contribution is -0.122. The van der Waals surface area contributed by atoms with Crippen LogP contribution < -0.4 is 14.8 Å². The molecule has 0 saturated heterocycles. The van der Waals surface area contributed by atoms with Gasteiger partial charge in [0.15, 0.2) is 6.10 Å². The van der Waals surface area contributed by atoms with Crippen LogP contribution >= 0.6 is 0 Å². The summed E-state index contributed by atoms with van der Waals surface area (Å²) in [4.78, 5) is 12.8. The van der Waals surface area contributed by atoms with E-state index < -0.39 is 6.10 Å². The second kappa shape index (κ2) is 11.1. The van der Waals surface area contributed by atoms with Gasteiger partial charge in [-0.05, 0) is 61.6 Å². The predicted molar refractivity (Wildman–Crippen MR) is 121 cm³/mol. The van der Waals surface area contributed by atoms with Crippen LogP contribution in [0.5, 0.6) is 11.5 Å². The number of ether oxygens (including phenoxy) is 2. The Bertz CT molecular complexity index is 940. The molecule has 0 saturated carbocycles. The van der Waals surface area contributed by atoms with Crippen LogP contribution in [0.1, 0.15) is 30.9 Å². The van der Waals surface area contributed by atoms with E-state index in [1.54, 1.807) is 0 Å². The molecule has 0 radical (unpaired) electrons. The monoisotopic (exact) mass is 403 g/mol. The van der Waals surface area contributed by atoms with E-state index in [-0.39, 0.29) is 5.91 Å².